The molecule has 2 aliphatic rings. The molecule has 1 aliphatic heterocycles. The van der Waals surface area contributed by atoms with E-state index in [1.165, 1.54) is 31.5 Å². The van der Waals surface area contributed by atoms with Crippen molar-refractivity contribution in [1.82, 2.24) is 4.90 Å². The summed E-state index contributed by atoms with van der Waals surface area (Å²) < 4.78 is 0. The molecule has 0 radical (unpaired) electrons. The quantitative estimate of drug-likeness (QED) is 0.623. The number of likely N-dealkylation sites (tertiary alicyclic amines) is 1. The van der Waals surface area contributed by atoms with Gasteiger partial charge in [-0.1, -0.05) is 18.2 Å². The maximum absolute atomic E-state index is 2.48. The molecule has 1 aromatic carbocycles. The lowest BCUT2D eigenvalue weighted by molar-refractivity contribution is 0.200. The molecule has 80 valence electrons. The molecule has 0 unspecified atom stereocenters. The summed E-state index contributed by atoms with van der Waals surface area (Å²) in [6.45, 7) is 4.81. The number of benzene rings is 1. The van der Waals surface area contributed by atoms with Crippen LogP contribution in [-0.2, 0) is 6.42 Å². The zero-order chi connectivity index (χ0) is 10.4. The van der Waals surface area contributed by atoms with Crippen molar-refractivity contribution in [2.75, 3.05) is 20.1 Å². The minimum atomic E-state index is 0.818. The number of aryl methyl sites for hydroxylation is 1. The van der Waals surface area contributed by atoms with Crippen molar-refractivity contribution in [2.24, 2.45) is 5.92 Å². The third-order valence-electron chi connectivity index (χ3n) is 4.27. The Bertz CT molecular complexity index is 383. The highest BCUT2D eigenvalue weighted by Crippen LogP contribution is 2.43. The van der Waals surface area contributed by atoms with Gasteiger partial charge in [0.25, 0.3) is 0 Å². The molecule has 1 aromatic rings. The van der Waals surface area contributed by atoms with Gasteiger partial charge in [0.15, 0.2) is 0 Å². The van der Waals surface area contributed by atoms with E-state index in [0.29, 0.717) is 0 Å². The lowest BCUT2D eigenvalue weighted by Crippen LogP contribution is -2.34. The number of hydrogen-bond acceptors (Lipinski definition) is 1. The van der Waals surface area contributed by atoms with Gasteiger partial charge in [0.2, 0.25) is 0 Å². The summed E-state index contributed by atoms with van der Waals surface area (Å²) in [4.78, 5) is 2.48. The summed E-state index contributed by atoms with van der Waals surface area (Å²) in [7, 11) is 2.25. The van der Waals surface area contributed by atoms with Crippen LogP contribution in [0.4, 0.5) is 0 Å². The fourth-order valence-corrected chi connectivity index (χ4v) is 3.37. The standard InChI is InChI=1S/C14H19N/c1-10-4-3-5-12-13(10)8-11-6-7-15(2)9-14(11)12/h3-5,11,14H,6-9H2,1-2H3/t11-,14-/m1/s1. The number of likely N-dealkylation sites (N-methyl/N-ethyl adjacent to an activating group) is 1. The van der Waals surface area contributed by atoms with E-state index in [2.05, 4.69) is 37.1 Å². The summed E-state index contributed by atoms with van der Waals surface area (Å²) in [5, 5.41) is 0. The Morgan fingerprint density at radius 3 is 3.07 bits per heavy atom. The summed E-state index contributed by atoms with van der Waals surface area (Å²) in [6, 6.07) is 6.84. The molecule has 0 saturated carbocycles. The van der Waals surface area contributed by atoms with E-state index in [1.54, 1.807) is 11.1 Å². The molecule has 0 amide bonds. The summed E-state index contributed by atoms with van der Waals surface area (Å²) in [5.41, 5.74) is 4.80. The van der Waals surface area contributed by atoms with Gasteiger partial charge in [-0.15, -0.1) is 0 Å². The van der Waals surface area contributed by atoms with Crippen LogP contribution in [0.3, 0.4) is 0 Å². The van der Waals surface area contributed by atoms with Crippen LogP contribution in [0.5, 0.6) is 0 Å². The first-order valence-corrected chi connectivity index (χ1v) is 6.02. The molecule has 0 spiro atoms. The summed E-state index contributed by atoms with van der Waals surface area (Å²) in [5.74, 6) is 1.75. The predicted octanol–water partition coefficient (Wildman–Crippen LogP) is 2.59. The van der Waals surface area contributed by atoms with Crippen molar-refractivity contribution >= 4 is 0 Å². The Morgan fingerprint density at radius 1 is 1.33 bits per heavy atom. The van der Waals surface area contributed by atoms with Gasteiger partial charge in [0, 0.05) is 12.5 Å². The van der Waals surface area contributed by atoms with Crippen LogP contribution < -0.4 is 0 Å². The maximum Gasteiger partial charge on any atom is 0.00501 e. The highest BCUT2D eigenvalue weighted by Gasteiger charge is 2.36. The van der Waals surface area contributed by atoms with E-state index in [4.69, 9.17) is 0 Å². The first-order chi connectivity index (χ1) is 7.25. The highest BCUT2D eigenvalue weighted by molar-refractivity contribution is 5.42. The SMILES string of the molecule is Cc1cccc2c1C[C@H]1CCN(C)C[C@@H]21. The van der Waals surface area contributed by atoms with Crippen LogP contribution in [0, 0.1) is 12.8 Å². The lowest BCUT2D eigenvalue weighted by atomic mass is 9.86. The Labute approximate surface area is 92.1 Å². The Morgan fingerprint density at radius 2 is 2.20 bits per heavy atom. The average Bonchev–Trinajstić information content (AvgIpc) is 2.58. The van der Waals surface area contributed by atoms with Gasteiger partial charge in [-0.2, -0.15) is 0 Å². The van der Waals surface area contributed by atoms with Gasteiger partial charge in [-0.25, -0.2) is 0 Å². The van der Waals surface area contributed by atoms with Crippen molar-refractivity contribution in [3.63, 3.8) is 0 Å². The van der Waals surface area contributed by atoms with E-state index < -0.39 is 0 Å². The first kappa shape index (κ1) is 9.41. The molecule has 1 heteroatoms. The number of nitrogens with zero attached hydrogens (tertiary/aromatic N) is 1. The molecular weight excluding hydrogens is 182 g/mol. The topological polar surface area (TPSA) is 3.24 Å². The fraction of sp³-hybridized carbons (Fsp3) is 0.571. The molecule has 1 heterocycles. The van der Waals surface area contributed by atoms with Crippen molar-refractivity contribution in [2.45, 2.75) is 25.7 Å². The molecule has 0 N–H and O–H groups in total. The zero-order valence-electron chi connectivity index (χ0n) is 9.66. The molecular formula is C14H19N. The molecule has 1 aliphatic carbocycles. The second kappa shape index (κ2) is 3.34. The molecule has 1 fully saturated rings. The maximum atomic E-state index is 2.48. The molecule has 3 rings (SSSR count). The summed E-state index contributed by atoms with van der Waals surface area (Å²) in [6.07, 6.45) is 2.72. The minimum Gasteiger partial charge on any atom is -0.306 e. The van der Waals surface area contributed by atoms with Crippen LogP contribution in [0.15, 0.2) is 18.2 Å². The van der Waals surface area contributed by atoms with Gasteiger partial charge in [0.1, 0.15) is 0 Å². The van der Waals surface area contributed by atoms with Crippen molar-refractivity contribution in [1.29, 1.82) is 0 Å². The van der Waals surface area contributed by atoms with Crippen LogP contribution >= 0.6 is 0 Å². The number of piperidine rings is 1. The first-order valence-electron chi connectivity index (χ1n) is 6.02. The molecule has 1 saturated heterocycles. The van der Waals surface area contributed by atoms with Crippen LogP contribution in [-0.4, -0.2) is 25.0 Å². The van der Waals surface area contributed by atoms with E-state index in [9.17, 15) is 0 Å². The third-order valence-corrected chi connectivity index (χ3v) is 4.27. The lowest BCUT2D eigenvalue weighted by Gasteiger charge is -2.32. The van der Waals surface area contributed by atoms with Crippen LogP contribution in [0.1, 0.15) is 29.0 Å². The van der Waals surface area contributed by atoms with E-state index in [-0.39, 0.29) is 0 Å². The minimum absolute atomic E-state index is 0.818. The number of fused-ring (bicyclic) bond motifs is 3. The molecule has 2 atom stereocenters. The number of rotatable bonds is 0. The van der Waals surface area contributed by atoms with Crippen molar-refractivity contribution in [3.05, 3.63) is 34.9 Å². The van der Waals surface area contributed by atoms with Gasteiger partial charge in [-0.3, -0.25) is 0 Å². The molecule has 0 bridgehead atoms. The summed E-state index contributed by atoms with van der Waals surface area (Å²) >= 11 is 0. The van der Waals surface area contributed by atoms with Gasteiger partial charge >= 0.3 is 0 Å². The Balaban J connectivity index is 2.01. The van der Waals surface area contributed by atoms with Gasteiger partial charge in [-0.05, 0) is 56.0 Å². The Hall–Kier alpha value is -0.820. The molecule has 15 heavy (non-hydrogen) atoms. The van der Waals surface area contributed by atoms with Crippen LogP contribution in [0.2, 0.25) is 0 Å². The van der Waals surface area contributed by atoms with E-state index >= 15 is 0 Å². The van der Waals surface area contributed by atoms with Crippen LogP contribution in [0.25, 0.3) is 0 Å². The third kappa shape index (κ3) is 1.41. The van der Waals surface area contributed by atoms with Crippen molar-refractivity contribution < 1.29 is 0 Å². The van der Waals surface area contributed by atoms with Gasteiger partial charge < -0.3 is 4.90 Å². The largest absolute Gasteiger partial charge is 0.306 e. The normalized spacial score (nSPS) is 30.0. The van der Waals surface area contributed by atoms with E-state index in [0.717, 1.165) is 11.8 Å². The highest BCUT2D eigenvalue weighted by atomic mass is 15.1. The second-order valence-electron chi connectivity index (χ2n) is 5.26. The Kier molecular flexibility index (Phi) is 2.10. The number of hydrogen-bond donors (Lipinski definition) is 0. The predicted molar refractivity (Wildman–Crippen MR) is 63.2 cm³/mol. The molecule has 1 nitrogen and oxygen atoms in total. The van der Waals surface area contributed by atoms with Crippen molar-refractivity contribution in [3.8, 4) is 0 Å². The van der Waals surface area contributed by atoms with E-state index in [1.807, 2.05) is 0 Å². The smallest absolute Gasteiger partial charge is 0.00501 e. The van der Waals surface area contributed by atoms with Gasteiger partial charge in [0.05, 0.1) is 0 Å². The molecule has 0 aromatic heterocycles. The average molecular weight is 201 g/mol. The zero-order valence-corrected chi connectivity index (χ0v) is 9.66. The monoisotopic (exact) mass is 201 g/mol. The fourth-order valence-electron chi connectivity index (χ4n) is 3.37. The second-order valence-corrected chi connectivity index (χ2v) is 5.26.